The van der Waals surface area contributed by atoms with Crippen molar-refractivity contribution in [2.24, 2.45) is 0 Å². The zero-order chi connectivity index (χ0) is 9.26. The van der Waals surface area contributed by atoms with Crippen LogP contribution in [0, 0.1) is 6.92 Å². The van der Waals surface area contributed by atoms with Crippen LogP contribution < -0.4 is 5.32 Å². The fraction of sp³-hybridized carbons (Fsp3) is 0.286. The number of hydrogen-bond acceptors (Lipinski definition) is 6. The molecule has 2 rings (SSSR count). The lowest BCUT2D eigenvalue weighted by Crippen LogP contribution is -1.87. The minimum Gasteiger partial charge on any atom is -0.420 e. The van der Waals surface area contributed by atoms with Crippen molar-refractivity contribution in [3.63, 3.8) is 0 Å². The van der Waals surface area contributed by atoms with Gasteiger partial charge in [-0.15, -0.1) is 21.5 Å². The van der Waals surface area contributed by atoms with Crippen LogP contribution in [0.5, 0.6) is 0 Å². The average Bonchev–Trinajstić information content (AvgIpc) is 2.71. The largest absolute Gasteiger partial charge is 0.420 e. The molecular formula is C7H8N4OS. The number of rotatable bonds is 2. The minimum atomic E-state index is 0.461. The Labute approximate surface area is 78.8 Å². The Kier molecular flexibility index (Phi) is 1.97. The van der Waals surface area contributed by atoms with Gasteiger partial charge in [0.15, 0.2) is 5.69 Å². The molecule has 13 heavy (non-hydrogen) atoms. The molecule has 2 aromatic heterocycles. The second-order valence-corrected chi connectivity index (χ2v) is 3.26. The van der Waals surface area contributed by atoms with Crippen LogP contribution in [-0.2, 0) is 0 Å². The molecule has 0 spiro atoms. The van der Waals surface area contributed by atoms with Gasteiger partial charge in [0.2, 0.25) is 5.89 Å². The lowest BCUT2D eigenvalue weighted by atomic mass is 10.4. The van der Waals surface area contributed by atoms with E-state index in [1.807, 2.05) is 7.05 Å². The maximum atomic E-state index is 5.25. The molecule has 68 valence electrons. The summed E-state index contributed by atoms with van der Waals surface area (Å²) in [6.45, 7) is 1.75. The summed E-state index contributed by atoms with van der Waals surface area (Å²) in [5, 5.41) is 11.6. The lowest BCUT2D eigenvalue weighted by Gasteiger charge is -1.94. The lowest BCUT2D eigenvalue weighted by molar-refractivity contribution is 0.531. The number of anilines is 1. The Morgan fingerprint density at radius 1 is 1.46 bits per heavy atom. The van der Waals surface area contributed by atoms with Crippen molar-refractivity contribution in [2.75, 3.05) is 12.4 Å². The first-order valence-corrected chi connectivity index (χ1v) is 4.61. The molecule has 0 aromatic carbocycles. The molecule has 0 aliphatic carbocycles. The van der Waals surface area contributed by atoms with E-state index in [2.05, 4.69) is 20.5 Å². The first-order valence-electron chi connectivity index (χ1n) is 3.73. The summed E-state index contributed by atoms with van der Waals surface area (Å²) in [4.78, 5) is 4.13. The third-order valence-electron chi connectivity index (χ3n) is 1.52. The van der Waals surface area contributed by atoms with Gasteiger partial charge in [0.25, 0.3) is 5.89 Å². The molecule has 0 radical (unpaired) electrons. The van der Waals surface area contributed by atoms with Gasteiger partial charge < -0.3 is 9.73 Å². The van der Waals surface area contributed by atoms with Gasteiger partial charge in [-0.3, -0.25) is 0 Å². The molecule has 0 atom stereocenters. The van der Waals surface area contributed by atoms with Crippen molar-refractivity contribution in [3.05, 3.63) is 11.4 Å². The van der Waals surface area contributed by atoms with Crippen molar-refractivity contribution in [1.29, 1.82) is 0 Å². The standard InChI is InChI=1S/C7H8N4OS/c1-4-10-11-6(12-4)5-7(8-2)13-3-9-5/h3,8H,1-2H3. The van der Waals surface area contributed by atoms with Crippen LogP contribution in [-0.4, -0.2) is 22.2 Å². The summed E-state index contributed by atoms with van der Waals surface area (Å²) in [7, 11) is 1.83. The minimum absolute atomic E-state index is 0.461. The monoisotopic (exact) mass is 196 g/mol. The maximum Gasteiger partial charge on any atom is 0.269 e. The number of nitrogens with zero attached hydrogens (tertiary/aromatic N) is 3. The fourth-order valence-electron chi connectivity index (χ4n) is 0.968. The van der Waals surface area contributed by atoms with Crippen molar-refractivity contribution in [3.8, 4) is 11.6 Å². The van der Waals surface area contributed by atoms with Gasteiger partial charge in [-0.05, 0) is 0 Å². The molecule has 0 saturated heterocycles. The van der Waals surface area contributed by atoms with Crippen LogP contribution in [0.25, 0.3) is 11.6 Å². The quantitative estimate of drug-likeness (QED) is 0.789. The molecule has 1 N–H and O–H groups in total. The summed E-state index contributed by atoms with van der Waals surface area (Å²) >= 11 is 1.50. The predicted octanol–water partition coefficient (Wildman–Crippen LogP) is 1.54. The van der Waals surface area contributed by atoms with Gasteiger partial charge in [0.1, 0.15) is 5.00 Å². The van der Waals surface area contributed by atoms with Crippen molar-refractivity contribution >= 4 is 16.3 Å². The van der Waals surface area contributed by atoms with Gasteiger partial charge >= 0.3 is 0 Å². The molecule has 2 heterocycles. The number of thiazole rings is 1. The third kappa shape index (κ3) is 1.40. The first-order chi connectivity index (χ1) is 6.31. The van der Waals surface area contributed by atoms with Crippen LogP contribution in [0.15, 0.2) is 9.93 Å². The molecule has 0 aliphatic rings. The summed E-state index contributed by atoms with van der Waals surface area (Å²) < 4.78 is 5.25. The van der Waals surface area contributed by atoms with Crippen LogP contribution in [0.2, 0.25) is 0 Å². The van der Waals surface area contributed by atoms with E-state index in [-0.39, 0.29) is 0 Å². The highest BCUT2D eigenvalue weighted by molar-refractivity contribution is 7.14. The van der Waals surface area contributed by atoms with E-state index in [4.69, 9.17) is 4.42 Å². The number of aryl methyl sites for hydroxylation is 1. The summed E-state index contributed by atoms with van der Waals surface area (Å²) in [6, 6.07) is 0. The highest BCUT2D eigenvalue weighted by Crippen LogP contribution is 2.28. The van der Waals surface area contributed by atoms with Gasteiger partial charge in [0, 0.05) is 14.0 Å². The summed E-state index contributed by atoms with van der Waals surface area (Å²) in [5.41, 5.74) is 2.45. The topological polar surface area (TPSA) is 63.8 Å². The fourth-order valence-corrected chi connectivity index (χ4v) is 1.60. The van der Waals surface area contributed by atoms with E-state index in [0.717, 1.165) is 5.00 Å². The molecule has 5 nitrogen and oxygen atoms in total. The van der Waals surface area contributed by atoms with E-state index in [9.17, 15) is 0 Å². The Bertz CT molecular complexity index is 408. The molecule has 0 amide bonds. The second-order valence-electron chi connectivity index (χ2n) is 2.41. The Balaban J connectivity index is 2.45. The third-order valence-corrected chi connectivity index (χ3v) is 2.37. The van der Waals surface area contributed by atoms with Gasteiger partial charge in [-0.25, -0.2) is 4.98 Å². The van der Waals surface area contributed by atoms with Gasteiger partial charge in [0.05, 0.1) is 5.51 Å². The van der Waals surface area contributed by atoms with Gasteiger partial charge in [-0.1, -0.05) is 0 Å². The van der Waals surface area contributed by atoms with E-state index >= 15 is 0 Å². The highest BCUT2D eigenvalue weighted by Gasteiger charge is 2.13. The van der Waals surface area contributed by atoms with Crippen molar-refractivity contribution in [2.45, 2.75) is 6.92 Å². The maximum absolute atomic E-state index is 5.25. The zero-order valence-electron chi connectivity index (χ0n) is 7.24. The number of aromatic nitrogens is 3. The SMILES string of the molecule is CNc1scnc1-c1nnc(C)o1. The van der Waals surface area contributed by atoms with E-state index in [1.165, 1.54) is 11.3 Å². The molecule has 0 bridgehead atoms. The molecule has 0 fully saturated rings. The highest BCUT2D eigenvalue weighted by atomic mass is 32.1. The van der Waals surface area contributed by atoms with E-state index in [1.54, 1.807) is 12.4 Å². The first kappa shape index (κ1) is 8.18. The van der Waals surface area contributed by atoms with Crippen LogP contribution in [0.1, 0.15) is 5.89 Å². The molecule has 0 saturated carbocycles. The van der Waals surface area contributed by atoms with Crippen LogP contribution in [0.4, 0.5) is 5.00 Å². The molecule has 6 heteroatoms. The molecule has 0 aliphatic heterocycles. The Morgan fingerprint density at radius 2 is 2.31 bits per heavy atom. The summed E-state index contributed by atoms with van der Waals surface area (Å²) in [6.07, 6.45) is 0. The summed E-state index contributed by atoms with van der Waals surface area (Å²) in [5.74, 6) is 1.01. The Morgan fingerprint density at radius 3 is 2.92 bits per heavy atom. The van der Waals surface area contributed by atoms with Crippen molar-refractivity contribution < 1.29 is 4.42 Å². The molecular weight excluding hydrogens is 188 g/mol. The normalized spacial score (nSPS) is 10.3. The molecule has 2 aromatic rings. The van der Waals surface area contributed by atoms with E-state index in [0.29, 0.717) is 17.5 Å². The zero-order valence-corrected chi connectivity index (χ0v) is 8.05. The average molecular weight is 196 g/mol. The number of hydrogen-bond donors (Lipinski definition) is 1. The van der Waals surface area contributed by atoms with Gasteiger partial charge in [-0.2, -0.15) is 0 Å². The second kappa shape index (κ2) is 3.14. The smallest absolute Gasteiger partial charge is 0.269 e. The number of nitrogens with one attached hydrogen (secondary N) is 1. The molecule has 0 unspecified atom stereocenters. The van der Waals surface area contributed by atoms with Crippen molar-refractivity contribution in [1.82, 2.24) is 15.2 Å². The van der Waals surface area contributed by atoms with Crippen LogP contribution >= 0.6 is 11.3 Å². The van der Waals surface area contributed by atoms with E-state index < -0.39 is 0 Å². The Hall–Kier alpha value is -1.43. The van der Waals surface area contributed by atoms with Crippen LogP contribution in [0.3, 0.4) is 0 Å². The predicted molar refractivity (Wildman–Crippen MR) is 49.7 cm³/mol.